The van der Waals surface area contributed by atoms with Gasteiger partial charge in [-0.2, -0.15) is 0 Å². The quantitative estimate of drug-likeness (QED) is 0.165. The molecule has 4 rings (SSSR count). The van der Waals surface area contributed by atoms with Crippen molar-refractivity contribution in [1.82, 2.24) is 0 Å². The molecule has 0 heterocycles. The van der Waals surface area contributed by atoms with Gasteiger partial charge in [-0.3, -0.25) is 0 Å². The standard InChI is InChI=1S/C24H26O5.C6H6O3/c1-12-5-16(6-13(2)20(12)25)9-18-11-19(23(28)24(29)22(18)27)10-17-7-14(3)21(26)15(4)8-17;7-4-2-1-3-5(8)6(4)9/h5-8,11,25-29H,9-10H2,1-4H3;1-3,7-9H. The third-order valence-electron chi connectivity index (χ3n) is 6.29. The van der Waals surface area contributed by atoms with Crippen LogP contribution in [0.15, 0.2) is 48.5 Å². The Labute approximate surface area is 220 Å². The minimum Gasteiger partial charge on any atom is -0.507 e. The Morgan fingerprint density at radius 2 is 0.763 bits per heavy atom. The number of benzene rings is 4. The molecule has 0 aromatic heterocycles. The maximum absolute atomic E-state index is 10.4. The van der Waals surface area contributed by atoms with Crippen molar-refractivity contribution < 1.29 is 40.9 Å². The second-order valence-corrected chi connectivity index (χ2v) is 9.40. The van der Waals surface area contributed by atoms with Gasteiger partial charge in [-0.05, 0) is 79.3 Å². The summed E-state index contributed by atoms with van der Waals surface area (Å²) in [5.74, 6) is -1.87. The van der Waals surface area contributed by atoms with Crippen molar-refractivity contribution in [2.24, 2.45) is 0 Å². The Morgan fingerprint density at radius 3 is 1.08 bits per heavy atom. The molecule has 0 aliphatic carbocycles. The van der Waals surface area contributed by atoms with Gasteiger partial charge in [0.2, 0.25) is 5.75 Å². The van der Waals surface area contributed by atoms with Crippen LogP contribution >= 0.6 is 0 Å². The van der Waals surface area contributed by atoms with E-state index < -0.39 is 11.5 Å². The molecule has 38 heavy (non-hydrogen) atoms. The Hall–Kier alpha value is -4.72. The third-order valence-corrected chi connectivity index (χ3v) is 6.29. The van der Waals surface area contributed by atoms with Gasteiger partial charge in [0.15, 0.2) is 28.7 Å². The lowest BCUT2D eigenvalue weighted by Gasteiger charge is -2.15. The number of para-hydroxylation sites is 1. The molecule has 4 aromatic carbocycles. The first kappa shape index (κ1) is 27.9. The fourth-order valence-corrected chi connectivity index (χ4v) is 4.29. The number of rotatable bonds is 4. The average molecular weight is 521 g/mol. The minimum absolute atomic E-state index is 0.241. The Kier molecular flexibility index (Phi) is 8.16. The van der Waals surface area contributed by atoms with E-state index in [-0.39, 0.29) is 34.5 Å². The summed E-state index contributed by atoms with van der Waals surface area (Å²) < 4.78 is 0. The molecule has 0 amide bonds. The molecule has 0 aliphatic rings. The second kappa shape index (κ2) is 11.1. The molecule has 200 valence electrons. The van der Waals surface area contributed by atoms with Crippen LogP contribution in [-0.2, 0) is 12.8 Å². The zero-order valence-corrected chi connectivity index (χ0v) is 21.6. The number of hydrogen-bond donors (Lipinski definition) is 8. The first-order valence-corrected chi connectivity index (χ1v) is 11.8. The van der Waals surface area contributed by atoms with Crippen LogP contribution in [0.2, 0.25) is 0 Å². The number of aryl methyl sites for hydroxylation is 4. The lowest BCUT2D eigenvalue weighted by molar-refractivity contribution is 0.363. The van der Waals surface area contributed by atoms with E-state index in [1.165, 1.54) is 18.2 Å². The highest BCUT2D eigenvalue weighted by Crippen LogP contribution is 2.42. The average Bonchev–Trinajstić information content (AvgIpc) is 2.86. The molecule has 0 unspecified atom stereocenters. The summed E-state index contributed by atoms with van der Waals surface area (Å²) in [7, 11) is 0. The fourth-order valence-electron chi connectivity index (χ4n) is 4.29. The summed E-state index contributed by atoms with van der Waals surface area (Å²) in [4.78, 5) is 0. The summed E-state index contributed by atoms with van der Waals surface area (Å²) >= 11 is 0. The maximum atomic E-state index is 10.4. The molecule has 0 saturated heterocycles. The molecule has 0 fully saturated rings. The monoisotopic (exact) mass is 520 g/mol. The summed E-state index contributed by atoms with van der Waals surface area (Å²) in [5.41, 5.74) is 5.64. The van der Waals surface area contributed by atoms with Gasteiger partial charge in [-0.25, -0.2) is 0 Å². The maximum Gasteiger partial charge on any atom is 0.200 e. The van der Waals surface area contributed by atoms with Crippen LogP contribution < -0.4 is 0 Å². The van der Waals surface area contributed by atoms with Gasteiger partial charge >= 0.3 is 0 Å². The zero-order valence-electron chi connectivity index (χ0n) is 21.6. The second-order valence-electron chi connectivity index (χ2n) is 9.40. The van der Waals surface area contributed by atoms with Crippen LogP contribution in [0.25, 0.3) is 0 Å². The van der Waals surface area contributed by atoms with E-state index in [1.807, 2.05) is 24.3 Å². The molecule has 0 saturated carbocycles. The highest BCUT2D eigenvalue weighted by molar-refractivity contribution is 5.60. The van der Waals surface area contributed by atoms with Crippen molar-refractivity contribution in [1.29, 1.82) is 0 Å². The predicted octanol–water partition coefficient (Wildman–Crippen LogP) is 5.43. The molecule has 0 spiro atoms. The molecule has 0 bridgehead atoms. The summed E-state index contributed by atoms with van der Waals surface area (Å²) in [6.07, 6.45) is 0.671. The van der Waals surface area contributed by atoms with Crippen molar-refractivity contribution in [2.75, 3.05) is 0 Å². The number of hydrogen-bond acceptors (Lipinski definition) is 8. The van der Waals surface area contributed by atoms with Crippen LogP contribution in [-0.4, -0.2) is 40.9 Å². The van der Waals surface area contributed by atoms with E-state index in [1.54, 1.807) is 33.8 Å². The van der Waals surface area contributed by atoms with Crippen molar-refractivity contribution in [3.05, 3.63) is 93.0 Å². The number of aromatic hydroxyl groups is 8. The molecule has 8 heteroatoms. The van der Waals surface area contributed by atoms with E-state index in [2.05, 4.69) is 0 Å². The topological polar surface area (TPSA) is 162 Å². The fraction of sp³-hybridized carbons (Fsp3) is 0.200. The van der Waals surface area contributed by atoms with Gasteiger partial charge in [-0.1, -0.05) is 30.3 Å². The van der Waals surface area contributed by atoms with Gasteiger partial charge in [0.1, 0.15) is 11.5 Å². The summed E-state index contributed by atoms with van der Waals surface area (Å²) in [5, 5.41) is 77.0. The van der Waals surface area contributed by atoms with Crippen LogP contribution in [0, 0.1) is 27.7 Å². The van der Waals surface area contributed by atoms with Crippen molar-refractivity contribution in [3.63, 3.8) is 0 Å². The molecule has 0 aliphatic heterocycles. The largest absolute Gasteiger partial charge is 0.507 e. The molecule has 0 atom stereocenters. The third kappa shape index (κ3) is 5.98. The van der Waals surface area contributed by atoms with Crippen LogP contribution in [0.5, 0.6) is 46.0 Å². The molecular weight excluding hydrogens is 488 g/mol. The predicted molar refractivity (Wildman–Crippen MR) is 144 cm³/mol. The van der Waals surface area contributed by atoms with E-state index in [0.717, 1.165) is 33.4 Å². The van der Waals surface area contributed by atoms with Crippen molar-refractivity contribution in [3.8, 4) is 46.0 Å². The first-order valence-electron chi connectivity index (χ1n) is 11.8. The van der Waals surface area contributed by atoms with E-state index in [4.69, 9.17) is 15.3 Å². The Balaban J connectivity index is 0.000000375. The minimum atomic E-state index is -0.544. The van der Waals surface area contributed by atoms with E-state index in [0.29, 0.717) is 24.0 Å². The van der Waals surface area contributed by atoms with Crippen molar-refractivity contribution in [2.45, 2.75) is 40.5 Å². The lowest BCUT2D eigenvalue weighted by atomic mass is 9.94. The highest BCUT2D eigenvalue weighted by atomic mass is 16.3. The molecule has 4 aromatic rings. The highest BCUT2D eigenvalue weighted by Gasteiger charge is 2.18. The Bertz CT molecular complexity index is 1340. The molecule has 8 nitrogen and oxygen atoms in total. The first-order chi connectivity index (χ1) is 17.8. The summed E-state index contributed by atoms with van der Waals surface area (Å²) in [6.45, 7) is 7.23. The van der Waals surface area contributed by atoms with Crippen LogP contribution in [0.4, 0.5) is 0 Å². The van der Waals surface area contributed by atoms with E-state index >= 15 is 0 Å². The van der Waals surface area contributed by atoms with Crippen LogP contribution in [0.3, 0.4) is 0 Å². The van der Waals surface area contributed by atoms with Gasteiger partial charge in [0.25, 0.3) is 0 Å². The molecular formula is C30H32O8. The van der Waals surface area contributed by atoms with Crippen LogP contribution in [0.1, 0.15) is 44.5 Å². The van der Waals surface area contributed by atoms with Crippen molar-refractivity contribution >= 4 is 0 Å². The Morgan fingerprint density at radius 1 is 0.421 bits per heavy atom. The smallest absolute Gasteiger partial charge is 0.200 e. The molecule has 0 radical (unpaired) electrons. The van der Waals surface area contributed by atoms with E-state index in [9.17, 15) is 25.5 Å². The van der Waals surface area contributed by atoms with Gasteiger partial charge in [-0.15, -0.1) is 0 Å². The SMILES string of the molecule is Cc1cc(Cc2cc(Cc3cc(C)c(O)c(C)c3)c(O)c(O)c2O)cc(C)c1O.Oc1cccc(O)c1O. The number of phenols is 8. The van der Waals surface area contributed by atoms with Gasteiger partial charge in [0.05, 0.1) is 0 Å². The van der Waals surface area contributed by atoms with Gasteiger partial charge in [0, 0.05) is 24.0 Å². The normalized spacial score (nSPS) is 10.6. The molecule has 8 N–H and O–H groups in total. The lowest BCUT2D eigenvalue weighted by Crippen LogP contribution is -1.97. The van der Waals surface area contributed by atoms with Gasteiger partial charge < -0.3 is 40.9 Å². The zero-order chi connectivity index (χ0) is 28.3. The number of phenolic OH excluding ortho intramolecular Hbond substituents is 8. The summed E-state index contributed by atoms with van der Waals surface area (Å²) in [6, 6.07) is 13.0.